The maximum absolute atomic E-state index is 12.8. The van der Waals surface area contributed by atoms with Crippen molar-refractivity contribution in [3.05, 3.63) is 69.6 Å². The van der Waals surface area contributed by atoms with Crippen molar-refractivity contribution in [1.82, 2.24) is 19.4 Å². The summed E-state index contributed by atoms with van der Waals surface area (Å²) in [5, 5.41) is 1.05. The number of hydrogen-bond acceptors (Lipinski definition) is 6. The van der Waals surface area contributed by atoms with Gasteiger partial charge in [0, 0.05) is 69.5 Å². The molecule has 38 heavy (non-hydrogen) atoms. The van der Waals surface area contributed by atoms with Crippen LogP contribution < -0.4 is 10.5 Å². The summed E-state index contributed by atoms with van der Waals surface area (Å²) in [5.41, 5.74) is 6.29. The number of piperazine rings is 1. The van der Waals surface area contributed by atoms with E-state index in [0.29, 0.717) is 18.0 Å². The maximum atomic E-state index is 12.8. The highest BCUT2D eigenvalue weighted by Gasteiger charge is 2.40. The first kappa shape index (κ1) is 24.3. The average molecular weight is 514 g/mol. The molecule has 0 unspecified atom stereocenters. The third-order valence-electron chi connectivity index (χ3n) is 9.77. The zero-order chi connectivity index (χ0) is 25.8. The van der Waals surface area contributed by atoms with Crippen LogP contribution in [0.2, 0.25) is 0 Å². The first-order valence-corrected chi connectivity index (χ1v) is 14.5. The van der Waals surface area contributed by atoms with Gasteiger partial charge in [-0.25, -0.2) is 4.98 Å². The standard InChI is InChI=1S/C31H39N5O2/c1-21-18-35(28-17-30(37)33(2)31-27(28)4-3-11-32-31)20-29-26-10-7-23(16-24(26)19-36(21)29)22-5-8-25(9-6-22)34-12-14-38-15-13-34/h3-4,7,10-11,16-17,21-22,25,29H,5-6,8-9,12-15,18-20H2,1-2H3/t21-,22-,25+,29-/m1/s1. The second-order valence-corrected chi connectivity index (χ2v) is 11.9. The molecule has 1 saturated carbocycles. The number of benzene rings is 1. The maximum Gasteiger partial charge on any atom is 0.253 e. The monoisotopic (exact) mass is 513 g/mol. The summed E-state index contributed by atoms with van der Waals surface area (Å²) in [4.78, 5) is 25.1. The third kappa shape index (κ3) is 4.16. The molecule has 0 amide bonds. The molecule has 1 aromatic carbocycles. The summed E-state index contributed by atoms with van der Waals surface area (Å²) in [7, 11) is 1.81. The lowest BCUT2D eigenvalue weighted by molar-refractivity contribution is 0.00729. The van der Waals surface area contributed by atoms with Gasteiger partial charge in [-0.1, -0.05) is 18.2 Å². The Morgan fingerprint density at radius 1 is 1.00 bits per heavy atom. The van der Waals surface area contributed by atoms with Crippen LogP contribution in [0, 0.1) is 0 Å². The second-order valence-electron chi connectivity index (χ2n) is 11.9. The van der Waals surface area contributed by atoms with E-state index >= 15 is 0 Å². The fourth-order valence-corrected chi connectivity index (χ4v) is 7.64. The summed E-state index contributed by atoms with van der Waals surface area (Å²) >= 11 is 0. The van der Waals surface area contributed by atoms with Gasteiger partial charge in [-0.15, -0.1) is 0 Å². The number of ether oxygens (including phenoxy) is 1. The zero-order valence-corrected chi connectivity index (χ0v) is 22.7. The van der Waals surface area contributed by atoms with Gasteiger partial charge in [-0.3, -0.25) is 19.2 Å². The van der Waals surface area contributed by atoms with Gasteiger partial charge < -0.3 is 9.64 Å². The molecule has 7 heteroatoms. The molecular weight excluding hydrogens is 474 g/mol. The molecule has 2 atom stereocenters. The Bertz CT molecular complexity index is 1390. The molecule has 0 spiro atoms. The van der Waals surface area contributed by atoms with Crippen LogP contribution in [-0.2, 0) is 18.3 Å². The number of hydrogen-bond donors (Lipinski definition) is 0. The smallest absolute Gasteiger partial charge is 0.253 e. The second kappa shape index (κ2) is 9.78. The lowest BCUT2D eigenvalue weighted by Crippen LogP contribution is -2.51. The summed E-state index contributed by atoms with van der Waals surface area (Å²) in [6.07, 6.45) is 6.97. The molecule has 4 aliphatic rings. The largest absolute Gasteiger partial charge is 0.379 e. The SMILES string of the molecule is C[C@@H]1CN(c2cc(=O)n(C)c3ncccc23)C[C@@H]2c3ccc([C@H]4CC[C@@H](N5CCOCC5)CC4)cc3CN12. The highest BCUT2D eigenvalue weighted by atomic mass is 16.5. The van der Waals surface area contributed by atoms with E-state index in [1.807, 2.05) is 13.1 Å². The van der Waals surface area contributed by atoms with Gasteiger partial charge in [0.1, 0.15) is 5.65 Å². The predicted molar refractivity (Wildman–Crippen MR) is 151 cm³/mol. The van der Waals surface area contributed by atoms with Crippen molar-refractivity contribution in [3.8, 4) is 0 Å². The number of fused-ring (bicyclic) bond motifs is 4. The minimum absolute atomic E-state index is 0.00101. The first-order valence-electron chi connectivity index (χ1n) is 14.5. The van der Waals surface area contributed by atoms with Gasteiger partial charge >= 0.3 is 0 Å². The molecule has 2 saturated heterocycles. The number of nitrogens with zero attached hydrogens (tertiary/aromatic N) is 5. The van der Waals surface area contributed by atoms with E-state index in [1.165, 1.54) is 42.4 Å². The Kier molecular flexibility index (Phi) is 6.26. The number of morpholine rings is 1. The molecule has 0 bridgehead atoms. The van der Waals surface area contributed by atoms with E-state index in [9.17, 15) is 4.79 Å². The van der Waals surface area contributed by atoms with E-state index in [-0.39, 0.29) is 5.56 Å². The van der Waals surface area contributed by atoms with E-state index in [0.717, 1.165) is 68.7 Å². The molecule has 7 nitrogen and oxygen atoms in total. The first-order chi connectivity index (χ1) is 18.6. The Morgan fingerprint density at radius 3 is 2.63 bits per heavy atom. The molecule has 0 radical (unpaired) electrons. The Labute approximate surface area is 225 Å². The van der Waals surface area contributed by atoms with Gasteiger partial charge in [-0.05, 0) is 67.3 Å². The number of rotatable bonds is 3. The van der Waals surface area contributed by atoms with Crippen molar-refractivity contribution in [2.24, 2.45) is 7.05 Å². The van der Waals surface area contributed by atoms with Crippen molar-refractivity contribution in [2.75, 3.05) is 44.3 Å². The molecule has 2 aromatic heterocycles. The van der Waals surface area contributed by atoms with Crippen molar-refractivity contribution in [2.45, 2.75) is 63.2 Å². The molecule has 5 heterocycles. The highest BCUT2D eigenvalue weighted by Crippen LogP contribution is 2.43. The number of pyridine rings is 2. The molecular formula is C31H39N5O2. The fourth-order valence-electron chi connectivity index (χ4n) is 7.64. The van der Waals surface area contributed by atoms with Crippen LogP contribution >= 0.6 is 0 Å². The predicted octanol–water partition coefficient (Wildman–Crippen LogP) is 4.06. The van der Waals surface area contributed by atoms with E-state index in [1.54, 1.807) is 16.8 Å². The number of aromatic nitrogens is 2. The van der Waals surface area contributed by atoms with E-state index in [4.69, 9.17) is 4.74 Å². The van der Waals surface area contributed by atoms with Crippen LogP contribution in [0.4, 0.5) is 5.69 Å². The van der Waals surface area contributed by atoms with Crippen LogP contribution in [0.3, 0.4) is 0 Å². The average Bonchev–Trinajstić information content (AvgIpc) is 3.34. The molecule has 3 aliphatic heterocycles. The Balaban J connectivity index is 1.11. The van der Waals surface area contributed by atoms with Crippen LogP contribution in [0.25, 0.3) is 11.0 Å². The third-order valence-corrected chi connectivity index (χ3v) is 9.77. The Hall–Kier alpha value is -2.74. The lowest BCUT2D eigenvalue weighted by Gasteiger charge is -2.43. The summed E-state index contributed by atoms with van der Waals surface area (Å²) in [6, 6.07) is 14.7. The number of anilines is 1. The van der Waals surface area contributed by atoms with Crippen LogP contribution in [0.5, 0.6) is 0 Å². The topological polar surface area (TPSA) is 53.8 Å². The zero-order valence-electron chi connectivity index (χ0n) is 22.7. The summed E-state index contributed by atoms with van der Waals surface area (Å²) in [5.74, 6) is 0.684. The lowest BCUT2D eigenvalue weighted by atomic mass is 9.80. The number of aryl methyl sites for hydroxylation is 1. The van der Waals surface area contributed by atoms with Gasteiger partial charge in [0.15, 0.2) is 0 Å². The highest BCUT2D eigenvalue weighted by molar-refractivity contribution is 5.89. The molecule has 3 aromatic rings. The van der Waals surface area contributed by atoms with Gasteiger partial charge in [0.2, 0.25) is 0 Å². The van der Waals surface area contributed by atoms with Crippen molar-refractivity contribution >= 4 is 16.7 Å². The summed E-state index contributed by atoms with van der Waals surface area (Å²) < 4.78 is 7.22. The van der Waals surface area contributed by atoms with Crippen molar-refractivity contribution in [3.63, 3.8) is 0 Å². The fraction of sp³-hybridized carbons (Fsp3) is 0.548. The van der Waals surface area contributed by atoms with Crippen LogP contribution in [0.15, 0.2) is 47.4 Å². The van der Waals surface area contributed by atoms with Gasteiger partial charge in [-0.2, -0.15) is 0 Å². The molecule has 0 N–H and O–H groups in total. The molecule has 1 aliphatic carbocycles. The van der Waals surface area contributed by atoms with Crippen molar-refractivity contribution in [1.29, 1.82) is 0 Å². The van der Waals surface area contributed by atoms with Crippen LogP contribution in [-0.4, -0.2) is 70.8 Å². The minimum atomic E-state index is 0.00101. The van der Waals surface area contributed by atoms with Gasteiger partial charge in [0.05, 0.1) is 24.9 Å². The molecule has 3 fully saturated rings. The van der Waals surface area contributed by atoms with Crippen LogP contribution in [0.1, 0.15) is 61.3 Å². The summed E-state index contributed by atoms with van der Waals surface area (Å²) in [6.45, 7) is 9.18. The quantitative estimate of drug-likeness (QED) is 0.527. The van der Waals surface area contributed by atoms with Gasteiger partial charge in [0.25, 0.3) is 5.56 Å². The Morgan fingerprint density at radius 2 is 1.82 bits per heavy atom. The molecule has 200 valence electrons. The van der Waals surface area contributed by atoms with E-state index < -0.39 is 0 Å². The minimum Gasteiger partial charge on any atom is -0.379 e. The van der Waals surface area contributed by atoms with Crippen molar-refractivity contribution < 1.29 is 4.74 Å². The van der Waals surface area contributed by atoms with E-state index in [2.05, 4.69) is 50.9 Å². The molecule has 7 rings (SSSR count). The normalized spacial score (nSPS) is 28.4.